The summed E-state index contributed by atoms with van der Waals surface area (Å²) in [6.07, 6.45) is 1.61. The first-order valence-electron chi connectivity index (χ1n) is 7.81. The predicted molar refractivity (Wildman–Crippen MR) is 96.1 cm³/mol. The Bertz CT molecular complexity index is 1140. The molecular weight excluding hydrogens is 363 g/mol. The summed E-state index contributed by atoms with van der Waals surface area (Å²) in [5.74, 6) is -1.41. The lowest BCUT2D eigenvalue weighted by molar-refractivity contribution is 0.371. The molecule has 0 fully saturated rings. The van der Waals surface area contributed by atoms with Crippen molar-refractivity contribution in [3.8, 4) is 11.6 Å². The van der Waals surface area contributed by atoms with Gasteiger partial charge in [-0.15, -0.1) is 0 Å². The highest BCUT2D eigenvalue weighted by molar-refractivity contribution is 6.34. The number of aryl methyl sites for hydroxylation is 1. The van der Waals surface area contributed by atoms with E-state index in [-0.39, 0.29) is 22.0 Å². The fourth-order valence-electron chi connectivity index (χ4n) is 2.86. The van der Waals surface area contributed by atoms with Gasteiger partial charge < -0.3 is 4.74 Å². The highest BCUT2D eigenvalue weighted by atomic mass is 35.5. The lowest BCUT2D eigenvalue weighted by atomic mass is 10.0. The highest BCUT2D eigenvalue weighted by Gasteiger charge is 2.24. The lowest BCUT2D eigenvalue weighted by Crippen LogP contribution is -2.31. The van der Waals surface area contributed by atoms with Crippen LogP contribution in [-0.2, 0) is 0 Å². The molecule has 1 N–H and O–H groups in total. The van der Waals surface area contributed by atoms with Crippen molar-refractivity contribution in [2.24, 2.45) is 0 Å². The zero-order valence-electron chi connectivity index (χ0n) is 14.6. The van der Waals surface area contributed by atoms with Gasteiger partial charge in [0, 0.05) is 6.20 Å². The molecule has 3 heterocycles. The van der Waals surface area contributed by atoms with E-state index in [9.17, 15) is 9.59 Å². The molecule has 26 heavy (non-hydrogen) atoms. The molecule has 0 amide bonds. The molecular formula is C17H16ClFN4O3. The fraction of sp³-hybridized carbons (Fsp3) is 0.294. The number of methoxy groups -OCH3 is 1. The van der Waals surface area contributed by atoms with E-state index in [4.69, 9.17) is 16.3 Å². The van der Waals surface area contributed by atoms with Crippen LogP contribution in [0.1, 0.15) is 31.0 Å². The number of pyridine rings is 2. The summed E-state index contributed by atoms with van der Waals surface area (Å²) in [6.45, 7) is 5.57. The number of fused-ring (bicyclic) bond motifs is 1. The van der Waals surface area contributed by atoms with Gasteiger partial charge in [-0.25, -0.2) is 4.79 Å². The average Bonchev–Trinajstić information content (AvgIpc) is 2.58. The van der Waals surface area contributed by atoms with Crippen molar-refractivity contribution in [2.75, 3.05) is 7.11 Å². The Kier molecular flexibility index (Phi) is 4.53. The molecule has 0 aliphatic carbocycles. The summed E-state index contributed by atoms with van der Waals surface area (Å²) in [4.78, 5) is 35.1. The van der Waals surface area contributed by atoms with Crippen molar-refractivity contribution in [2.45, 2.75) is 26.7 Å². The standard InChI is InChI=1S/C17H16ClFN4O3/c1-7(2)11-12(8(3)5-6-20-11)23-13-9(15(24)22-17(23)25)14(18)21-16(26-4)10(13)19/h5-7H,1-4H3,(H,22,24,25). The summed E-state index contributed by atoms with van der Waals surface area (Å²) in [5, 5.41) is -0.497. The first-order chi connectivity index (χ1) is 12.3. The van der Waals surface area contributed by atoms with Gasteiger partial charge in [-0.2, -0.15) is 9.37 Å². The van der Waals surface area contributed by atoms with Crippen LogP contribution in [0.2, 0.25) is 5.15 Å². The van der Waals surface area contributed by atoms with E-state index in [0.29, 0.717) is 16.9 Å². The molecule has 0 atom stereocenters. The second kappa shape index (κ2) is 6.53. The maximum Gasteiger partial charge on any atom is 0.333 e. The number of halogens is 2. The van der Waals surface area contributed by atoms with E-state index < -0.39 is 22.9 Å². The van der Waals surface area contributed by atoms with Crippen molar-refractivity contribution in [3.05, 3.63) is 55.3 Å². The van der Waals surface area contributed by atoms with Crippen molar-refractivity contribution >= 4 is 22.5 Å². The summed E-state index contributed by atoms with van der Waals surface area (Å²) < 4.78 is 21.0. The third-order valence-corrected chi connectivity index (χ3v) is 4.30. The maximum atomic E-state index is 15.0. The van der Waals surface area contributed by atoms with E-state index in [1.54, 1.807) is 19.2 Å². The molecule has 7 nitrogen and oxygen atoms in total. The quantitative estimate of drug-likeness (QED) is 0.708. The average molecular weight is 379 g/mol. The number of rotatable bonds is 3. The Hall–Kier alpha value is -2.74. The predicted octanol–water partition coefficient (Wildman–Crippen LogP) is 2.70. The Morgan fingerprint density at radius 3 is 2.65 bits per heavy atom. The van der Waals surface area contributed by atoms with Gasteiger partial charge >= 0.3 is 5.69 Å². The Morgan fingerprint density at radius 1 is 1.35 bits per heavy atom. The summed E-state index contributed by atoms with van der Waals surface area (Å²) in [7, 11) is 1.22. The molecule has 0 saturated carbocycles. The van der Waals surface area contributed by atoms with Gasteiger partial charge in [-0.05, 0) is 24.5 Å². The SMILES string of the molecule is COc1nc(Cl)c2c(=O)[nH]c(=O)n(-c3c(C)ccnc3C(C)C)c2c1F. The van der Waals surface area contributed by atoms with Gasteiger partial charge in [0.25, 0.3) is 11.4 Å². The molecule has 9 heteroatoms. The first kappa shape index (κ1) is 18.1. The van der Waals surface area contributed by atoms with Crippen LogP contribution < -0.4 is 16.0 Å². The van der Waals surface area contributed by atoms with Gasteiger partial charge in [0.2, 0.25) is 5.82 Å². The topological polar surface area (TPSA) is 89.9 Å². The Labute approximate surface area is 152 Å². The molecule has 0 saturated heterocycles. The van der Waals surface area contributed by atoms with Crippen LogP contribution in [0.5, 0.6) is 5.88 Å². The number of ether oxygens (including phenoxy) is 1. The zero-order chi connectivity index (χ0) is 19.2. The number of nitrogens with zero attached hydrogens (tertiary/aromatic N) is 3. The van der Waals surface area contributed by atoms with Crippen LogP contribution in [0.4, 0.5) is 4.39 Å². The molecule has 3 rings (SSSR count). The van der Waals surface area contributed by atoms with E-state index in [1.807, 2.05) is 13.8 Å². The number of hydrogen-bond donors (Lipinski definition) is 1. The molecule has 0 spiro atoms. The van der Waals surface area contributed by atoms with E-state index in [2.05, 4.69) is 15.0 Å². The smallest absolute Gasteiger partial charge is 0.333 e. The van der Waals surface area contributed by atoms with Crippen LogP contribution in [0.25, 0.3) is 16.6 Å². The van der Waals surface area contributed by atoms with Crippen LogP contribution in [0.3, 0.4) is 0 Å². The van der Waals surface area contributed by atoms with Crippen molar-refractivity contribution < 1.29 is 9.13 Å². The van der Waals surface area contributed by atoms with Crippen molar-refractivity contribution in [1.82, 2.24) is 19.5 Å². The summed E-state index contributed by atoms with van der Waals surface area (Å²) >= 11 is 6.06. The third-order valence-electron chi connectivity index (χ3n) is 4.03. The molecule has 0 radical (unpaired) electrons. The largest absolute Gasteiger partial charge is 0.479 e. The maximum absolute atomic E-state index is 15.0. The molecule has 0 unspecified atom stereocenters. The van der Waals surface area contributed by atoms with Crippen LogP contribution >= 0.6 is 11.6 Å². The normalized spacial score (nSPS) is 11.3. The van der Waals surface area contributed by atoms with E-state index >= 15 is 4.39 Å². The number of aromatic amines is 1. The number of H-pyrrole nitrogens is 1. The minimum atomic E-state index is -0.951. The number of nitrogens with one attached hydrogen (secondary N) is 1. The van der Waals surface area contributed by atoms with Gasteiger partial charge in [-0.3, -0.25) is 19.3 Å². The second-order valence-electron chi connectivity index (χ2n) is 6.06. The lowest BCUT2D eigenvalue weighted by Gasteiger charge is -2.18. The van der Waals surface area contributed by atoms with Crippen molar-refractivity contribution in [1.29, 1.82) is 0 Å². The highest BCUT2D eigenvalue weighted by Crippen LogP contribution is 2.31. The molecule has 0 aromatic carbocycles. The Morgan fingerprint density at radius 2 is 2.04 bits per heavy atom. The molecule has 3 aromatic rings. The number of aromatic nitrogens is 4. The van der Waals surface area contributed by atoms with E-state index in [0.717, 1.165) is 4.57 Å². The van der Waals surface area contributed by atoms with Gasteiger partial charge in [0.15, 0.2) is 0 Å². The molecule has 0 aliphatic heterocycles. The van der Waals surface area contributed by atoms with Gasteiger partial charge in [-0.1, -0.05) is 25.4 Å². The fourth-order valence-corrected chi connectivity index (χ4v) is 3.12. The third kappa shape index (κ3) is 2.66. The molecule has 136 valence electrons. The van der Waals surface area contributed by atoms with Crippen molar-refractivity contribution in [3.63, 3.8) is 0 Å². The van der Waals surface area contributed by atoms with Gasteiger partial charge in [0.05, 0.1) is 18.5 Å². The zero-order valence-corrected chi connectivity index (χ0v) is 15.3. The van der Waals surface area contributed by atoms with Crippen LogP contribution in [-0.4, -0.2) is 26.6 Å². The minimum absolute atomic E-state index is 0.0546. The van der Waals surface area contributed by atoms with Crippen LogP contribution in [0, 0.1) is 12.7 Å². The van der Waals surface area contributed by atoms with Gasteiger partial charge in [0.1, 0.15) is 16.1 Å². The minimum Gasteiger partial charge on any atom is -0.479 e. The monoisotopic (exact) mass is 378 g/mol. The molecule has 0 aliphatic rings. The summed E-state index contributed by atoms with van der Waals surface area (Å²) in [6, 6.07) is 1.70. The molecule has 0 bridgehead atoms. The first-order valence-corrected chi connectivity index (χ1v) is 8.19. The van der Waals surface area contributed by atoms with E-state index in [1.165, 1.54) is 7.11 Å². The second-order valence-corrected chi connectivity index (χ2v) is 6.42. The van der Waals surface area contributed by atoms with Crippen LogP contribution in [0.15, 0.2) is 21.9 Å². The number of hydrogen-bond acceptors (Lipinski definition) is 5. The summed E-state index contributed by atoms with van der Waals surface area (Å²) in [5.41, 5.74) is -0.278. The molecule has 3 aromatic heterocycles. The Balaban J connectivity index is 2.64.